The molecule has 0 spiro atoms. The van der Waals surface area contributed by atoms with Gasteiger partial charge in [0.25, 0.3) is 45.9 Å². The predicted molar refractivity (Wildman–Crippen MR) is 310 cm³/mol. The molecule has 20 heteroatoms. The fourth-order valence-corrected chi connectivity index (χ4v) is 8.79. The highest BCUT2D eigenvalue weighted by atomic mass is 16.7. The van der Waals surface area contributed by atoms with Crippen molar-refractivity contribution >= 4 is 23.6 Å². The molecule has 0 unspecified atom stereocenters. The Hall–Kier alpha value is -10.2. The topological polar surface area (TPSA) is 224 Å². The van der Waals surface area contributed by atoms with Crippen molar-refractivity contribution in [2.24, 2.45) is 7.05 Å². The van der Waals surface area contributed by atoms with Gasteiger partial charge in [-0.15, -0.1) is 14.2 Å². The van der Waals surface area contributed by atoms with E-state index in [2.05, 4.69) is 10.6 Å². The highest BCUT2D eigenvalue weighted by molar-refractivity contribution is 5.97. The Balaban J connectivity index is 0.978. The van der Waals surface area contributed by atoms with E-state index >= 15 is 0 Å². The number of rotatable bonds is 29. The summed E-state index contributed by atoms with van der Waals surface area (Å²) in [5.74, 6) is -2.32. The van der Waals surface area contributed by atoms with Crippen molar-refractivity contribution in [2.75, 3.05) is 39.3 Å². The minimum atomic E-state index is -0.582. The molecular formula is C63H64N8O12. The van der Waals surface area contributed by atoms with Crippen LogP contribution in [0.15, 0.2) is 207 Å². The van der Waals surface area contributed by atoms with Crippen molar-refractivity contribution in [3.63, 3.8) is 0 Å². The minimum Gasteiger partial charge on any atom is -0.482 e. The van der Waals surface area contributed by atoms with E-state index in [9.17, 15) is 38.4 Å². The van der Waals surface area contributed by atoms with E-state index in [-0.39, 0.29) is 107 Å². The molecule has 0 bridgehead atoms. The first-order valence-corrected chi connectivity index (χ1v) is 27.1. The summed E-state index contributed by atoms with van der Waals surface area (Å²) in [4.78, 5) is 130. The summed E-state index contributed by atoms with van der Waals surface area (Å²) < 4.78 is 10.1. The van der Waals surface area contributed by atoms with Gasteiger partial charge in [0.2, 0.25) is 0 Å². The molecule has 4 aromatic carbocycles. The van der Waals surface area contributed by atoms with Crippen molar-refractivity contribution in [2.45, 2.75) is 52.1 Å². The maximum absolute atomic E-state index is 14.7. The summed E-state index contributed by atoms with van der Waals surface area (Å²) in [5.41, 5.74) is 0.919. The lowest BCUT2D eigenvalue weighted by Crippen LogP contribution is -2.41. The summed E-state index contributed by atoms with van der Waals surface area (Å²) in [6.45, 7) is 0.673. The van der Waals surface area contributed by atoms with Gasteiger partial charge in [0.1, 0.15) is 43.5 Å². The van der Waals surface area contributed by atoms with Gasteiger partial charge in [0.05, 0.1) is 5.56 Å². The second kappa shape index (κ2) is 29.8. The third-order valence-electron chi connectivity index (χ3n) is 13.2. The van der Waals surface area contributed by atoms with Gasteiger partial charge in [-0.05, 0) is 72.2 Å². The first kappa shape index (κ1) is 58.9. The normalized spacial score (nSPS) is 10.8. The zero-order chi connectivity index (χ0) is 58.3. The number of carbonyl (C=O) groups is 4. The van der Waals surface area contributed by atoms with E-state index in [4.69, 9.17) is 19.2 Å². The summed E-state index contributed by atoms with van der Waals surface area (Å²) in [7, 11) is 1.56. The molecular weight excluding hydrogens is 1060 g/mol. The van der Waals surface area contributed by atoms with Crippen molar-refractivity contribution in [3.8, 4) is 5.75 Å². The van der Waals surface area contributed by atoms with Crippen LogP contribution in [0.2, 0.25) is 0 Å². The number of hydrogen-bond acceptors (Lipinski definition) is 12. The Morgan fingerprint density at radius 1 is 0.410 bits per heavy atom. The quantitative estimate of drug-likeness (QED) is 0.0568. The lowest BCUT2D eigenvalue weighted by molar-refractivity contribution is 0.0557. The molecule has 0 aliphatic carbocycles. The molecule has 0 aliphatic heterocycles. The fraction of sp³-hybridized carbons (Fsp3) is 0.238. The number of amides is 4. The number of hydrogen-bond donors (Lipinski definition) is 2. The molecule has 8 aromatic rings. The van der Waals surface area contributed by atoms with Crippen molar-refractivity contribution in [1.82, 2.24) is 39.2 Å². The maximum Gasteiger partial charge on any atom is 0.293 e. The van der Waals surface area contributed by atoms with Crippen LogP contribution in [0, 0.1) is 0 Å². The molecule has 83 heavy (non-hydrogen) atoms. The van der Waals surface area contributed by atoms with E-state index in [1.807, 2.05) is 121 Å². The Morgan fingerprint density at radius 3 is 1.19 bits per heavy atom. The largest absolute Gasteiger partial charge is 0.482 e. The van der Waals surface area contributed by atoms with Crippen LogP contribution in [-0.2, 0) is 33.5 Å². The summed E-state index contributed by atoms with van der Waals surface area (Å²) in [5, 5.41) is 5.69. The third-order valence-corrected chi connectivity index (χ3v) is 13.2. The number of aromatic nitrogens is 4. The molecule has 4 heterocycles. The molecule has 428 valence electrons. The Morgan fingerprint density at radius 2 is 0.771 bits per heavy atom. The van der Waals surface area contributed by atoms with E-state index in [0.717, 1.165) is 36.4 Å². The zero-order valence-corrected chi connectivity index (χ0v) is 45.9. The van der Waals surface area contributed by atoms with Gasteiger partial charge in [0, 0.05) is 70.7 Å². The Bertz CT molecular complexity index is 3700. The molecule has 0 radical (unpaired) electrons. The van der Waals surface area contributed by atoms with Crippen LogP contribution in [0.1, 0.15) is 89.8 Å². The number of aryl methyl sites for hydroxylation is 1. The predicted octanol–water partition coefficient (Wildman–Crippen LogP) is 5.34. The first-order chi connectivity index (χ1) is 40.4. The molecule has 0 aliphatic rings. The molecule has 2 N–H and O–H groups in total. The van der Waals surface area contributed by atoms with Crippen LogP contribution in [-0.4, -0.2) is 91.5 Å². The lowest BCUT2D eigenvalue weighted by atomic mass is 10.2. The van der Waals surface area contributed by atoms with Crippen molar-refractivity contribution in [3.05, 3.63) is 275 Å². The summed E-state index contributed by atoms with van der Waals surface area (Å²) >= 11 is 0. The second-order valence-corrected chi connectivity index (χ2v) is 19.2. The van der Waals surface area contributed by atoms with Gasteiger partial charge < -0.3 is 44.3 Å². The van der Waals surface area contributed by atoms with Crippen LogP contribution in [0.25, 0.3) is 0 Å². The standard InChI is InChI=1S/C63H64N8O12/c1-66-42-35-51(58(63(66)79)80-43-47-21-6-2-7-22-47)59(75)64-36-19-40-67(61(77)53-30-17-33-56(73)70(53)82-45-49-25-10-4-11-26-49)38-14-15-39-68(62(78)54-31-18-34-57(74)71(54)83-46-50-27-12-5-13-28-50)41-20-37-65-60(76)52-29-16-32-55(72)69(52)81-44-48-23-8-3-9-24-48/h2-13,16-18,21-35,42H,14-15,19-20,36-41,43-46H2,1H3,(H,64,75)(H,65,76). The van der Waals surface area contributed by atoms with E-state index < -0.39 is 45.9 Å². The summed E-state index contributed by atoms with van der Waals surface area (Å²) in [6, 6.07) is 50.9. The smallest absolute Gasteiger partial charge is 0.293 e. The average Bonchev–Trinajstić information content (AvgIpc) is 3.61. The molecule has 0 fully saturated rings. The third kappa shape index (κ3) is 16.4. The molecule has 20 nitrogen and oxygen atoms in total. The SMILES string of the molecule is Cn1ccc(C(=O)NCCCN(CCCCN(CCCNC(=O)c2cccc(=O)n2OCc2ccccc2)C(=O)c2cccc(=O)n2OCc2ccccc2)C(=O)c2cccc(=O)n2OCc2ccccc2)c(OCc2ccccc2)c1=O. The highest BCUT2D eigenvalue weighted by Gasteiger charge is 2.25. The Kier molecular flexibility index (Phi) is 21.2. The highest BCUT2D eigenvalue weighted by Crippen LogP contribution is 2.16. The summed E-state index contributed by atoms with van der Waals surface area (Å²) in [6.07, 6.45) is 2.62. The molecule has 0 saturated heterocycles. The van der Waals surface area contributed by atoms with Crippen LogP contribution in [0.5, 0.6) is 5.75 Å². The number of nitrogens with one attached hydrogen (secondary N) is 2. The number of benzene rings is 4. The van der Waals surface area contributed by atoms with Gasteiger partial charge in [-0.3, -0.25) is 38.4 Å². The lowest BCUT2D eigenvalue weighted by Gasteiger charge is -2.26. The molecule has 4 amide bonds. The van der Waals surface area contributed by atoms with Crippen LogP contribution in [0.4, 0.5) is 0 Å². The Labute approximate surface area is 478 Å². The first-order valence-electron chi connectivity index (χ1n) is 27.1. The van der Waals surface area contributed by atoms with Crippen molar-refractivity contribution in [1.29, 1.82) is 0 Å². The molecule has 4 aromatic heterocycles. The fourth-order valence-electron chi connectivity index (χ4n) is 8.79. The monoisotopic (exact) mass is 1120 g/mol. The van der Waals surface area contributed by atoms with Gasteiger partial charge in [-0.25, -0.2) is 0 Å². The molecule has 0 saturated carbocycles. The number of nitrogens with zero attached hydrogens (tertiary/aromatic N) is 6. The molecule has 8 rings (SSSR count). The number of unbranched alkanes of at least 4 members (excludes halogenated alkanes) is 1. The van der Waals surface area contributed by atoms with Gasteiger partial charge >= 0.3 is 0 Å². The van der Waals surface area contributed by atoms with E-state index in [1.165, 1.54) is 81.2 Å². The zero-order valence-electron chi connectivity index (χ0n) is 45.9. The van der Waals surface area contributed by atoms with Gasteiger partial charge in [0.15, 0.2) is 5.75 Å². The number of ether oxygens (including phenoxy) is 1. The molecule has 0 atom stereocenters. The minimum absolute atomic E-state index is 0.00664. The second-order valence-electron chi connectivity index (χ2n) is 19.2. The van der Waals surface area contributed by atoms with Gasteiger partial charge in [-0.1, -0.05) is 140 Å². The van der Waals surface area contributed by atoms with Crippen LogP contribution in [0.3, 0.4) is 0 Å². The average molecular weight is 1130 g/mol. The van der Waals surface area contributed by atoms with Crippen LogP contribution >= 0.6 is 0 Å². The maximum atomic E-state index is 14.7. The van der Waals surface area contributed by atoms with Gasteiger partial charge in [-0.2, -0.15) is 0 Å². The number of pyridine rings is 4. The van der Waals surface area contributed by atoms with Crippen LogP contribution < -0.4 is 52.1 Å². The van der Waals surface area contributed by atoms with E-state index in [0.29, 0.717) is 12.8 Å². The van der Waals surface area contributed by atoms with E-state index in [1.54, 1.807) is 7.05 Å². The number of carbonyl (C=O) groups excluding carboxylic acids is 4. The van der Waals surface area contributed by atoms with Crippen molar-refractivity contribution < 1.29 is 38.4 Å².